The van der Waals surface area contributed by atoms with Crippen molar-refractivity contribution in [3.63, 3.8) is 0 Å². The van der Waals surface area contributed by atoms with Gasteiger partial charge in [0, 0.05) is 30.7 Å². The second-order valence-corrected chi connectivity index (χ2v) is 15.3. The maximum Gasteiger partial charge on any atom is 1.00 e. The molecule has 0 radical (unpaired) electrons. The van der Waals surface area contributed by atoms with Gasteiger partial charge in [-0.1, -0.05) is 13.8 Å². The average molecular weight is 803 g/mol. The molecule has 8 atom stereocenters. The summed E-state index contributed by atoms with van der Waals surface area (Å²) in [7, 11) is -17.2. The summed E-state index contributed by atoms with van der Waals surface area (Å²) in [4.78, 5) is 81.0. The minimum Gasteiger partial charge on any atom is -0.756 e. The van der Waals surface area contributed by atoms with E-state index in [1.807, 2.05) is 0 Å². The van der Waals surface area contributed by atoms with Crippen LogP contribution >= 0.6 is 36.1 Å². The van der Waals surface area contributed by atoms with E-state index in [0.29, 0.717) is 12.3 Å². The molecule has 0 spiro atoms. The molecule has 31 heteroatoms. The van der Waals surface area contributed by atoms with Crippen LogP contribution in [0.3, 0.4) is 0 Å². The second kappa shape index (κ2) is 22.4. The monoisotopic (exact) mass is 803 g/mol. The van der Waals surface area contributed by atoms with E-state index in [4.69, 9.17) is 10.5 Å². The molecule has 3 heterocycles. The molecular weight excluding hydrogens is 768 g/mol. The van der Waals surface area contributed by atoms with E-state index in [9.17, 15) is 53.1 Å². The van der Waals surface area contributed by atoms with Crippen molar-refractivity contribution in [1.82, 2.24) is 30.2 Å². The van der Waals surface area contributed by atoms with E-state index in [0.717, 1.165) is 17.2 Å². The Balaban J connectivity index is 0. The minimum absolute atomic E-state index is 0. The molecule has 3 rings (SSSR count). The maximum atomic E-state index is 12.4. The largest absolute Gasteiger partial charge is 1.00 e. The predicted molar refractivity (Wildman–Crippen MR) is 160 cm³/mol. The quantitative estimate of drug-likeness (QED) is 0.0418. The third kappa shape index (κ3) is 15.6. The second-order valence-electron chi connectivity index (χ2n) is 10.7. The van der Waals surface area contributed by atoms with Gasteiger partial charge in [-0.15, -0.1) is 0 Å². The summed E-state index contributed by atoms with van der Waals surface area (Å²) in [6, 6.07) is 0. The van der Waals surface area contributed by atoms with Crippen LogP contribution in [0.25, 0.3) is 11.2 Å². The van der Waals surface area contributed by atoms with Gasteiger partial charge in [0.2, 0.25) is 11.8 Å². The van der Waals surface area contributed by atoms with Crippen LogP contribution in [0.15, 0.2) is 12.7 Å². The van der Waals surface area contributed by atoms with Crippen molar-refractivity contribution in [2.75, 3.05) is 37.8 Å². The van der Waals surface area contributed by atoms with Crippen LogP contribution in [0.2, 0.25) is 0 Å². The number of aromatic nitrogens is 4. The molecule has 24 nitrogen and oxygen atoms in total. The van der Waals surface area contributed by atoms with E-state index in [-0.39, 0.29) is 97.9 Å². The number of nitrogens with zero attached hydrogens (tertiary/aromatic N) is 4. The molecule has 1 aliphatic heterocycles. The fraction of sp³-hybridized carbons (Fsp3) is 0.667. The number of rotatable bonds is 18. The number of ether oxygens (including phenoxy) is 1. The number of aliphatic hydroxyl groups excluding tert-OH is 2. The first-order valence-corrected chi connectivity index (χ1v) is 18.7. The summed E-state index contributed by atoms with van der Waals surface area (Å²) in [6.07, 6.45) is -7.21. The molecule has 1 aliphatic rings. The van der Waals surface area contributed by atoms with Crippen LogP contribution in [-0.2, 0) is 45.9 Å². The number of fused-ring (bicyclic) bond motifs is 1. The van der Waals surface area contributed by atoms with Gasteiger partial charge in [0.1, 0.15) is 36.3 Å². The Morgan fingerprint density at radius 2 is 1.71 bits per heavy atom. The van der Waals surface area contributed by atoms with Crippen molar-refractivity contribution in [1.29, 1.82) is 0 Å². The third-order valence-electron chi connectivity index (χ3n) is 6.49. The van der Waals surface area contributed by atoms with E-state index in [1.165, 1.54) is 13.8 Å². The van der Waals surface area contributed by atoms with Crippen molar-refractivity contribution in [2.45, 2.75) is 50.9 Å². The van der Waals surface area contributed by atoms with Crippen molar-refractivity contribution < 1.29 is 138 Å². The number of nitrogen functional groups attached to an aromatic ring is 1. The number of phosphoric acid groups is 3. The summed E-state index contributed by atoms with van der Waals surface area (Å²) in [6.45, 7) is 0.374. The van der Waals surface area contributed by atoms with Crippen molar-refractivity contribution in [2.24, 2.45) is 5.41 Å². The molecule has 0 aromatic carbocycles. The number of aliphatic hydroxyl groups is 2. The molecule has 1 saturated heterocycles. The SMILES string of the molecule is CC(C)(COP(=O)([O-])OP(=O)([O-])OC[C@H]1O[C@@H](n2cnc3c(N)ncnc32)[C@H](O)[C@@H]1OP(=O)([O-])O)[C@@H](O)C(=O)NCCC(=O)NCCS.O.[Li+].[Li+].[Li+]. The fourth-order valence-corrected chi connectivity index (χ4v) is 6.97. The Hall–Kier alpha value is -0.358. The molecule has 52 heavy (non-hydrogen) atoms. The van der Waals surface area contributed by atoms with Crippen LogP contribution in [0.4, 0.5) is 5.82 Å². The van der Waals surface area contributed by atoms with Crippen LogP contribution in [-0.4, -0.2) is 108 Å². The molecule has 9 N–H and O–H groups in total. The van der Waals surface area contributed by atoms with Crippen LogP contribution in [0.5, 0.6) is 0 Å². The third-order valence-corrected chi connectivity index (χ3v) is 9.74. The Morgan fingerprint density at radius 1 is 1.10 bits per heavy atom. The molecule has 0 bridgehead atoms. The Bertz CT molecular complexity index is 1610. The number of carbonyl (C=O) groups is 2. The molecular formula is C21H35Li3N7O17P3S. The zero-order valence-corrected chi connectivity index (χ0v) is 32.2. The van der Waals surface area contributed by atoms with Gasteiger partial charge in [-0.2, -0.15) is 12.6 Å². The summed E-state index contributed by atoms with van der Waals surface area (Å²) in [5.41, 5.74) is 4.15. The molecule has 280 valence electrons. The van der Waals surface area contributed by atoms with Crippen LogP contribution < -0.4 is 87.6 Å². The van der Waals surface area contributed by atoms with Gasteiger partial charge in [-0.3, -0.25) is 27.9 Å². The zero-order valence-electron chi connectivity index (χ0n) is 28.6. The van der Waals surface area contributed by atoms with Gasteiger partial charge in [0.05, 0.1) is 19.5 Å². The number of carbonyl (C=O) groups excluding carboxylic acids is 2. The molecule has 1 fully saturated rings. The normalized spacial score (nSPS) is 22.5. The van der Waals surface area contributed by atoms with Crippen molar-refractivity contribution >= 4 is 64.9 Å². The smallest absolute Gasteiger partial charge is 0.756 e. The van der Waals surface area contributed by atoms with Gasteiger partial charge in [0.15, 0.2) is 17.7 Å². The minimum atomic E-state index is -5.87. The van der Waals surface area contributed by atoms with E-state index >= 15 is 0 Å². The van der Waals surface area contributed by atoms with Gasteiger partial charge in [-0.25, -0.2) is 19.3 Å². The first-order chi connectivity index (χ1) is 22.2. The number of thiol groups is 1. The molecule has 0 aliphatic carbocycles. The molecule has 0 saturated carbocycles. The number of phosphoric ester groups is 3. The number of hydrogen-bond donors (Lipinski definition) is 7. The first-order valence-electron chi connectivity index (χ1n) is 13.6. The van der Waals surface area contributed by atoms with E-state index in [2.05, 4.69) is 56.1 Å². The molecule has 2 amide bonds. The maximum absolute atomic E-state index is 12.4. The molecule has 3 unspecified atom stereocenters. The number of hydrogen-bond acceptors (Lipinski definition) is 20. The Labute approximate surface area is 337 Å². The van der Waals surface area contributed by atoms with Crippen molar-refractivity contribution in [3.05, 3.63) is 12.7 Å². The number of nitrogens with one attached hydrogen (secondary N) is 2. The van der Waals surface area contributed by atoms with Gasteiger partial charge >= 0.3 is 56.6 Å². The van der Waals surface area contributed by atoms with Crippen LogP contribution in [0.1, 0.15) is 26.5 Å². The zero-order chi connectivity index (χ0) is 36.1. The Kier molecular flexibility index (Phi) is 23.2. The Morgan fingerprint density at radius 3 is 2.31 bits per heavy atom. The number of amides is 2. The number of imidazole rings is 1. The standard InChI is InChI=1S/C21H36N7O16P3S.3Li.H2O/c1-21(2,16(31)19(32)24-4-3-12(29)23-5-6-48)8-41-47(38,39)44-46(36,37)40-7-11-15(43-45(33,34)35)14(30)20(42-11)28-10-27-13-17(22)25-9-26-18(13)28;;;;/h9-11,14-16,20,30-31,48H,3-8H2,1-2H3,(H,23,29)(H,24,32)(H,36,37)(H,38,39)(H2,22,25,26)(H2,33,34,35);;;;1H2/q;3*+1;/p-3/t11-,14-,15-,16+,20-;;;;/m1..../s1. The van der Waals surface area contributed by atoms with Gasteiger partial charge in [-0.05, 0) is 0 Å². The first kappa shape index (κ1) is 53.7. The number of nitrogens with two attached hydrogens (primary N) is 1. The number of anilines is 1. The topological polar surface area (TPSA) is 387 Å². The van der Waals surface area contributed by atoms with Crippen LogP contribution in [0, 0.1) is 5.41 Å². The molecule has 2 aromatic heterocycles. The van der Waals surface area contributed by atoms with E-state index in [1.54, 1.807) is 0 Å². The van der Waals surface area contributed by atoms with Gasteiger partial charge in [0.25, 0.3) is 23.5 Å². The molecule has 2 aromatic rings. The average Bonchev–Trinajstić information content (AvgIpc) is 3.54. The summed E-state index contributed by atoms with van der Waals surface area (Å²) in [5, 5.41) is 26.0. The predicted octanol–water partition coefficient (Wildman–Crippen LogP) is -13.4. The summed E-state index contributed by atoms with van der Waals surface area (Å²) >= 11 is 3.94. The summed E-state index contributed by atoms with van der Waals surface area (Å²) < 4.78 is 60.4. The summed E-state index contributed by atoms with van der Waals surface area (Å²) in [5.74, 6) is -1.03. The van der Waals surface area contributed by atoms with E-state index < -0.39 is 78.6 Å². The van der Waals surface area contributed by atoms with Gasteiger partial charge < -0.3 is 69.9 Å². The van der Waals surface area contributed by atoms with Crippen molar-refractivity contribution in [3.8, 4) is 0 Å². The fourth-order valence-electron chi connectivity index (χ4n) is 4.12.